The quantitative estimate of drug-likeness (QED) is 0.647. The summed E-state index contributed by atoms with van der Waals surface area (Å²) in [6.07, 6.45) is 0.952. The van der Waals surface area contributed by atoms with E-state index in [1.807, 2.05) is 39.0 Å². The van der Waals surface area contributed by atoms with E-state index < -0.39 is 6.10 Å². The van der Waals surface area contributed by atoms with Crippen molar-refractivity contribution in [3.8, 4) is 0 Å². The summed E-state index contributed by atoms with van der Waals surface area (Å²) < 4.78 is 10.8. The van der Waals surface area contributed by atoms with Gasteiger partial charge in [-0.05, 0) is 44.0 Å². The smallest absolute Gasteiger partial charge is 0.277 e. The number of piperazine rings is 1. The largest absolute Gasteiger partial charge is 0.447 e. The molecule has 8 nitrogen and oxygen atoms in total. The molecule has 1 saturated heterocycles. The monoisotopic (exact) mass is 416 g/mol. The maximum absolute atomic E-state index is 12.4. The molecule has 0 unspecified atom stereocenters. The second-order valence-corrected chi connectivity index (χ2v) is 7.77. The molecule has 2 aromatic rings. The third kappa shape index (κ3) is 6.37. The molecule has 0 radical (unpaired) electrons. The summed E-state index contributed by atoms with van der Waals surface area (Å²) in [6.45, 7) is 11.6. The van der Waals surface area contributed by atoms with E-state index in [0.29, 0.717) is 32.2 Å². The molecule has 1 aliphatic heterocycles. The topological polar surface area (TPSA) is 91.1 Å². The van der Waals surface area contributed by atoms with E-state index >= 15 is 0 Å². The lowest BCUT2D eigenvalue weighted by molar-refractivity contribution is 0.00949. The number of β-amino-alcohol motifs (C(OH)–C–C–N with tert-alkyl or cyclic N) is 1. The van der Waals surface area contributed by atoms with Gasteiger partial charge in [-0.1, -0.05) is 6.07 Å². The average Bonchev–Trinajstić information content (AvgIpc) is 3.19. The number of aliphatic hydroxyl groups excluding tert-OH is 1. The van der Waals surface area contributed by atoms with Crippen molar-refractivity contribution in [2.45, 2.75) is 33.4 Å². The molecule has 2 heterocycles. The number of carbonyl (C=O) groups excluding carboxylic acids is 1. The minimum absolute atomic E-state index is 0.277. The number of amides is 1. The van der Waals surface area contributed by atoms with Gasteiger partial charge in [0.1, 0.15) is 6.26 Å². The zero-order valence-corrected chi connectivity index (χ0v) is 18.1. The first-order valence-electron chi connectivity index (χ1n) is 10.5. The molecule has 0 saturated carbocycles. The highest BCUT2D eigenvalue weighted by Crippen LogP contribution is 2.16. The predicted octanol–water partition coefficient (Wildman–Crippen LogP) is 2.06. The van der Waals surface area contributed by atoms with Crippen molar-refractivity contribution in [3.05, 3.63) is 47.2 Å². The Hall–Kier alpha value is -2.26. The summed E-state index contributed by atoms with van der Waals surface area (Å²) in [6, 6.07) is 5.81. The minimum Gasteiger partial charge on any atom is -0.447 e. The standard InChI is InChI=1S/C22H32N4O4/c1-4-29-14-19(27)12-25-7-9-26(10-8-25)13-21-24-20(15-30-21)22(28)23-18-6-5-16(2)17(3)11-18/h5-6,11,15,19,27H,4,7-10,12-14H2,1-3H3,(H,23,28)/t19-/m1/s1. The third-order valence-corrected chi connectivity index (χ3v) is 5.36. The van der Waals surface area contributed by atoms with Crippen LogP contribution in [0.2, 0.25) is 0 Å². The van der Waals surface area contributed by atoms with Crippen LogP contribution in [0.4, 0.5) is 5.69 Å². The van der Waals surface area contributed by atoms with Crippen molar-refractivity contribution >= 4 is 11.6 Å². The van der Waals surface area contributed by atoms with E-state index in [2.05, 4.69) is 20.1 Å². The summed E-state index contributed by atoms with van der Waals surface area (Å²) >= 11 is 0. The number of benzene rings is 1. The van der Waals surface area contributed by atoms with E-state index in [1.54, 1.807) is 0 Å². The minimum atomic E-state index is -0.457. The van der Waals surface area contributed by atoms with Crippen LogP contribution in [-0.4, -0.2) is 77.8 Å². The number of aromatic nitrogens is 1. The maximum Gasteiger partial charge on any atom is 0.277 e. The Bertz CT molecular complexity index is 830. The number of nitrogens with zero attached hydrogens (tertiary/aromatic N) is 3. The summed E-state index contributed by atoms with van der Waals surface area (Å²) in [4.78, 5) is 21.3. The van der Waals surface area contributed by atoms with Gasteiger partial charge in [-0.2, -0.15) is 0 Å². The molecule has 0 spiro atoms. The van der Waals surface area contributed by atoms with Crippen LogP contribution in [0.3, 0.4) is 0 Å². The molecule has 164 valence electrons. The molecular weight excluding hydrogens is 384 g/mol. The summed E-state index contributed by atoms with van der Waals surface area (Å²) in [5.74, 6) is 0.256. The summed E-state index contributed by atoms with van der Waals surface area (Å²) in [7, 11) is 0. The Labute approximate surface area is 177 Å². The molecule has 1 aromatic carbocycles. The van der Waals surface area contributed by atoms with Crippen molar-refractivity contribution < 1.29 is 19.1 Å². The molecule has 1 aromatic heterocycles. The molecule has 2 N–H and O–H groups in total. The van der Waals surface area contributed by atoms with E-state index in [1.165, 1.54) is 11.8 Å². The Morgan fingerprint density at radius 3 is 2.67 bits per heavy atom. The van der Waals surface area contributed by atoms with Gasteiger partial charge in [0.15, 0.2) is 5.69 Å². The van der Waals surface area contributed by atoms with Gasteiger partial charge in [0.25, 0.3) is 5.91 Å². The molecule has 1 fully saturated rings. The molecule has 30 heavy (non-hydrogen) atoms. The van der Waals surface area contributed by atoms with Gasteiger partial charge in [-0.3, -0.25) is 14.6 Å². The summed E-state index contributed by atoms with van der Waals surface area (Å²) in [5.41, 5.74) is 3.33. The van der Waals surface area contributed by atoms with Crippen molar-refractivity contribution in [2.75, 3.05) is 51.3 Å². The first-order chi connectivity index (χ1) is 14.4. The number of aryl methyl sites for hydroxylation is 2. The predicted molar refractivity (Wildman–Crippen MR) is 115 cm³/mol. The van der Waals surface area contributed by atoms with E-state index in [4.69, 9.17) is 9.15 Å². The molecule has 0 bridgehead atoms. The fraction of sp³-hybridized carbons (Fsp3) is 0.545. The zero-order chi connectivity index (χ0) is 21.5. The third-order valence-electron chi connectivity index (χ3n) is 5.36. The van der Waals surface area contributed by atoms with Gasteiger partial charge in [0.05, 0.1) is 19.3 Å². The van der Waals surface area contributed by atoms with Gasteiger partial charge in [0.2, 0.25) is 5.89 Å². The fourth-order valence-electron chi connectivity index (χ4n) is 3.43. The highest BCUT2D eigenvalue weighted by Gasteiger charge is 2.21. The highest BCUT2D eigenvalue weighted by atomic mass is 16.5. The lowest BCUT2D eigenvalue weighted by Crippen LogP contribution is -2.48. The Morgan fingerprint density at radius 1 is 1.23 bits per heavy atom. The normalized spacial score (nSPS) is 16.5. The van der Waals surface area contributed by atoms with Crippen LogP contribution in [0.15, 0.2) is 28.9 Å². The number of hydrogen-bond acceptors (Lipinski definition) is 7. The zero-order valence-electron chi connectivity index (χ0n) is 18.1. The van der Waals surface area contributed by atoms with Crippen LogP contribution >= 0.6 is 0 Å². The second kappa shape index (κ2) is 10.7. The number of nitrogens with one attached hydrogen (secondary N) is 1. The molecule has 1 aliphatic rings. The second-order valence-electron chi connectivity index (χ2n) is 7.77. The van der Waals surface area contributed by atoms with Crippen molar-refractivity contribution in [3.63, 3.8) is 0 Å². The molecule has 8 heteroatoms. The Balaban J connectivity index is 1.45. The molecule has 3 rings (SSSR count). The van der Waals surface area contributed by atoms with E-state index in [9.17, 15) is 9.90 Å². The number of anilines is 1. The number of aliphatic hydroxyl groups is 1. The van der Waals surface area contributed by atoms with Gasteiger partial charge in [-0.15, -0.1) is 0 Å². The van der Waals surface area contributed by atoms with Crippen molar-refractivity contribution in [1.29, 1.82) is 0 Å². The van der Waals surface area contributed by atoms with E-state index in [0.717, 1.165) is 37.4 Å². The molecule has 0 aliphatic carbocycles. The number of hydrogen-bond donors (Lipinski definition) is 2. The van der Waals surface area contributed by atoms with Gasteiger partial charge in [0, 0.05) is 45.0 Å². The van der Waals surface area contributed by atoms with Crippen LogP contribution in [-0.2, 0) is 11.3 Å². The van der Waals surface area contributed by atoms with Gasteiger partial charge >= 0.3 is 0 Å². The average molecular weight is 417 g/mol. The Morgan fingerprint density at radius 2 is 1.97 bits per heavy atom. The van der Waals surface area contributed by atoms with Crippen molar-refractivity contribution in [2.24, 2.45) is 0 Å². The molecule has 1 amide bonds. The van der Waals surface area contributed by atoms with Crippen molar-refractivity contribution in [1.82, 2.24) is 14.8 Å². The highest BCUT2D eigenvalue weighted by molar-refractivity contribution is 6.02. The number of ether oxygens (including phenoxy) is 1. The molecule has 1 atom stereocenters. The van der Waals surface area contributed by atoms with Gasteiger partial charge < -0.3 is 19.6 Å². The first kappa shape index (κ1) is 22.4. The number of oxazole rings is 1. The van der Waals surface area contributed by atoms with Crippen LogP contribution in [0.25, 0.3) is 0 Å². The number of rotatable bonds is 9. The summed E-state index contributed by atoms with van der Waals surface area (Å²) in [5, 5.41) is 12.8. The van der Waals surface area contributed by atoms with Crippen LogP contribution in [0.1, 0.15) is 34.4 Å². The van der Waals surface area contributed by atoms with Crippen LogP contribution in [0, 0.1) is 13.8 Å². The lowest BCUT2D eigenvalue weighted by atomic mass is 10.1. The number of carbonyl (C=O) groups is 1. The SMILES string of the molecule is CCOC[C@H](O)CN1CCN(Cc2nc(C(=O)Nc3ccc(C)c(C)c3)co2)CC1. The maximum atomic E-state index is 12.4. The first-order valence-corrected chi connectivity index (χ1v) is 10.5. The fourth-order valence-corrected chi connectivity index (χ4v) is 3.43. The van der Waals surface area contributed by atoms with Crippen LogP contribution < -0.4 is 5.32 Å². The lowest BCUT2D eigenvalue weighted by Gasteiger charge is -2.34. The Kier molecular flexibility index (Phi) is 7.98. The van der Waals surface area contributed by atoms with Gasteiger partial charge in [-0.25, -0.2) is 4.98 Å². The molecular formula is C22H32N4O4. The van der Waals surface area contributed by atoms with Crippen LogP contribution in [0.5, 0.6) is 0 Å². The van der Waals surface area contributed by atoms with E-state index in [-0.39, 0.29) is 11.6 Å².